The van der Waals surface area contributed by atoms with Crippen LogP contribution in [0.2, 0.25) is 0 Å². The van der Waals surface area contributed by atoms with Crippen molar-refractivity contribution in [3.63, 3.8) is 0 Å². The lowest BCUT2D eigenvalue weighted by Gasteiger charge is -2.15. The van der Waals surface area contributed by atoms with Crippen LogP contribution in [0.1, 0.15) is 29.1 Å². The van der Waals surface area contributed by atoms with Gasteiger partial charge in [0.2, 0.25) is 0 Å². The summed E-state index contributed by atoms with van der Waals surface area (Å²) in [5.74, 6) is 1.57. The Morgan fingerprint density at radius 3 is 2.76 bits per heavy atom. The summed E-state index contributed by atoms with van der Waals surface area (Å²) in [6.07, 6.45) is 5.00. The highest BCUT2D eigenvalue weighted by atomic mass is 16.5. The zero-order valence-corrected chi connectivity index (χ0v) is 14.0. The molecule has 25 heavy (non-hydrogen) atoms. The van der Waals surface area contributed by atoms with Gasteiger partial charge in [0.1, 0.15) is 17.4 Å². The van der Waals surface area contributed by atoms with Crippen molar-refractivity contribution in [2.24, 2.45) is 0 Å². The molecule has 2 aromatic heterocycles. The van der Waals surface area contributed by atoms with Crippen molar-refractivity contribution < 1.29 is 9.53 Å². The number of aromatic amines is 1. The van der Waals surface area contributed by atoms with Crippen LogP contribution in [0.25, 0.3) is 0 Å². The van der Waals surface area contributed by atoms with Gasteiger partial charge in [-0.1, -0.05) is 12.1 Å². The van der Waals surface area contributed by atoms with Gasteiger partial charge in [-0.15, -0.1) is 0 Å². The van der Waals surface area contributed by atoms with Crippen molar-refractivity contribution in [2.75, 3.05) is 12.4 Å². The smallest absolute Gasteiger partial charge is 0.255 e. The molecule has 3 N–H and O–H groups in total. The number of benzene rings is 1. The second kappa shape index (κ2) is 7.48. The number of anilines is 2. The third-order valence-corrected chi connectivity index (χ3v) is 3.69. The number of para-hydroxylation sites is 2. The Morgan fingerprint density at radius 2 is 2.00 bits per heavy atom. The fourth-order valence-corrected chi connectivity index (χ4v) is 2.42. The van der Waals surface area contributed by atoms with Crippen LogP contribution in [0.3, 0.4) is 0 Å². The first-order valence-corrected chi connectivity index (χ1v) is 7.84. The highest BCUT2D eigenvalue weighted by Crippen LogP contribution is 2.27. The summed E-state index contributed by atoms with van der Waals surface area (Å²) < 4.78 is 5.33. The normalized spacial score (nSPS) is 11.6. The molecular formula is C18H19N5O2. The van der Waals surface area contributed by atoms with Gasteiger partial charge in [0.25, 0.3) is 5.91 Å². The SMILES string of the molecule is COc1ccccc1Nc1ncccc1C(=O)NC(C)c1ncc[nH]1. The van der Waals surface area contributed by atoms with Crippen LogP contribution in [0, 0.1) is 0 Å². The van der Waals surface area contributed by atoms with Crippen molar-refractivity contribution in [3.05, 3.63) is 66.4 Å². The lowest BCUT2D eigenvalue weighted by atomic mass is 10.2. The first-order chi connectivity index (χ1) is 12.2. The molecule has 0 bridgehead atoms. The molecule has 1 atom stereocenters. The molecule has 3 aromatic rings. The zero-order chi connectivity index (χ0) is 17.6. The second-order valence-corrected chi connectivity index (χ2v) is 5.39. The van der Waals surface area contributed by atoms with Crippen LogP contribution in [0.15, 0.2) is 55.0 Å². The molecule has 1 amide bonds. The number of rotatable bonds is 6. The Labute approximate surface area is 145 Å². The third-order valence-electron chi connectivity index (χ3n) is 3.69. The van der Waals surface area contributed by atoms with E-state index in [0.717, 1.165) is 5.69 Å². The molecule has 1 aromatic carbocycles. The van der Waals surface area contributed by atoms with E-state index in [4.69, 9.17) is 4.74 Å². The molecule has 1 unspecified atom stereocenters. The van der Waals surface area contributed by atoms with Gasteiger partial charge in [0.05, 0.1) is 24.4 Å². The van der Waals surface area contributed by atoms with Gasteiger partial charge in [-0.2, -0.15) is 0 Å². The fourth-order valence-electron chi connectivity index (χ4n) is 2.42. The molecule has 0 radical (unpaired) electrons. The average molecular weight is 337 g/mol. The maximum absolute atomic E-state index is 12.7. The van der Waals surface area contributed by atoms with Crippen LogP contribution in [0.5, 0.6) is 5.75 Å². The number of pyridine rings is 1. The van der Waals surface area contributed by atoms with Gasteiger partial charge >= 0.3 is 0 Å². The van der Waals surface area contributed by atoms with Gasteiger partial charge < -0.3 is 20.4 Å². The Bertz CT molecular complexity index is 848. The molecular weight excluding hydrogens is 318 g/mol. The van der Waals surface area contributed by atoms with Gasteiger partial charge in [-0.05, 0) is 31.2 Å². The molecule has 0 spiro atoms. The minimum Gasteiger partial charge on any atom is -0.495 e. The van der Waals surface area contributed by atoms with E-state index in [2.05, 4.69) is 25.6 Å². The molecule has 0 aliphatic rings. The fraction of sp³-hybridized carbons (Fsp3) is 0.167. The van der Waals surface area contributed by atoms with Crippen molar-refractivity contribution in [2.45, 2.75) is 13.0 Å². The summed E-state index contributed by atoms with van der Waals surface area (Å²) in [5.41, 5.74) is 1.17. The topological polar surface area (TPSA) is 91.9 Å². The van der Waals surface area contributed by atoms with Crippen LogP contribution < -0.4 is 15.4 Å². The minimum atomic E-state index is -0.248. The largest absolute Gasteiger partial charge is 0.495 e. The van der Waals surface area contributed by atoms with Crippen LogP contribution in [-0.4, -0.2) is 28.0 Å². The second-order valence-electron chi connectivity index (χ2n) is 5.39. The summed E-state index contributed by atoms with van der Waals surface area (Å²) in [6.45, 7) is 1.86. The molecule has 7 nitrogen and oxygen atoms in total. The number of ether oxygens (including phenoxy) is 1. The predicted molar refractivity (Wildman–Crippen MR) is 95.0 cm³/mol. The zero-order valence-electron chi connectivity index (χ0n) is 14.0. The van der Waals surface area contributed by atoms with E-state index in [-0.39, 0.29) is 11.9 Å². The summed E-state index contributed by atoms with van der Waals surface area (Å²) in [6, 6.07) is 10.6. The van der Waals surface area contributed by atoms with Gasteiger partial charge in [0, 0.05) is 18.6 Å². The number of amides is 1. The minimum absolute atomic E-state index is 0.241. The van der Waals surface area contributed by atoms with Gasteiger partial charge in [-0.25, -0.2) is 9.97 Å². The highest BCUT2D eigenvalue weighted by molar-refractivity contribution is 5.99. The summed E-state index contributed by atoms with van der Waals surface area (Å²) in [4.78, 5) is 24.1. The number of nitrogens with one attached hydrogen (secondary N) is 3. The number of carbonyl (C=O) groups is 1. The molecule has 0 saturated heterocycles. The maximum atomic E-state index is 12.7. The van der Waals surface area contributed by atoms with Crippen LogP contribution in [-0.2, 0) is 0 Å². The van der Waals surface area contributed by atoms with E-state index in [9.17, 15) is 4.79 Å². The molecule has 0 fully saturated rings. The van der Waals surface area contributed by atoms with E-state index in [1.807, 2.05) is 31.2 Å². The predicted octanol–water partition coefficient (Wildman–Crippen LogP) is 3.05. The van der Waals surface area contributed by atoms with E-state index < -0.39 is 0 Å². The van der Waals surface area contributed by atoms with E-state index in [1.54, 1.807) is 37.8 Å². The summed E-state index contributed by atoms with van der Waals surface area (Å²) >= 11 is 0. The van der Waals surface area contributed by atoms with Gasteiger partial charge in [-0.3, -0.25) is 4.79 Å². The molecule has 2 heterocycles. The number of hydrogen-bond acceptors (Lipinski definition) is 5. The van der Waals surface area contributed by atoms with Crippen molar-refractivity contribution in [3.8, 4) is 5.75 Å². The molecule has 7 heteroatoms. The lowest BCUT2D eigenvalue weighted by molar-refractivity contribution is 0.0939. The Kier molecular flexibility index (Phi) is 4.94. The standard InChI is InChI=1S/C18H19N5O2/c1-12(16-20-10-11-21-16)22-18(24)13-6-5-9-19-17(13)23-14-7-3-4-8-15(14)25-2/h3-12H,1-2H3,(H,19,23)(H,20,21)(H,22,24). The summed E-state index contributed by atoms with van der Waals surface area (Å²) in [5, 5.41) is 6.07. The quantitative estimate of drug-likeness (QED) is 0.643. The third kappa shape index (κ3) is 3.77. The molecule has 0 aliphatic heterocycles. The Hall–Kier alpha value is -3.35. The molecule has 128 valence electrons. The summed E-state index contributed by atoms with van der Waals surface area (Å²) in [7, 11) is 1.59. The van der Waals surface area contributed by atoms with Crippen molar-refractivity contribution >= 4 is 17.4 Å². The number of imidazole rings is 1. The maximum Gasteiger partial charge on any atom is 0.255 e. The first kappa shape index (κ1) is 16.5. The molecule has 0 saturated carbocycles. The molecule has 0 aliphatic carbocycles. The average Bonchev–Trinajstić information content (AvgIpc) is 3.17. The van der Waals surface area contributed by atoms with Crippen LogP contribution >= 0.6 is 0 Å². The first-order valence-electron chi connectivity index (χ1n) is 7.84. The number of aromatic nitrogens is 3. The number of carbonyl (C=O) groups excluding carboxylic acids is 1. The van der Waals surface area contributed by atoms with E-state index in [1.165, 1.54) is 0 Å². The Morgan fingerprint density at radius 1 is 1.16 bits per heavy atom. The van der Waals surface area contributed by atoms with E-state index >= 15 is 0 Å². The Balaban J connectivity index is 1.82. The van der Waals surface area contributed by atoms with E-state index in [0.29, 0.717) is 23.0 Å². The van der Waals surface area contributed by atoms with Crippen molar-refractivity contribution in [1.29, 1.82) is 0 Å². The van der Waals surface area contributed by atoms with Crippen LogP contribution in [0.4, 0.5) is 11.5 Å². The van der Waals surface area contributed by atoms with Crippen molar-refractivity contribution in [1.82, 2.24) is 20.3 Å². The molecule has 3 rings (SSSR count). The van der Waals surface area contributed by atoms with Gasteiger partial charge in [0.15, 0.2) is 0 Å². The number of H-pyrrole nitrogens is 1. The highest BCUT2D eigenvalue weighted by Gasteiger charge is 2.17. The monoisotopic (exact) mass is 337 g/mol. The number of nitrogens with zero attached hydrogens (tertiary/aromatic N) is 2. The number of hydrogen-bond donors (Lipinski definition) is 3. The number of methoxy groups -OCH3 is 1. The lowest BCUT2D eigenvalue weighted by Crippen LogP contribution is -2.28.